The van der Waals surface area contributed by atoms with Crippen molar-refractivity contribution < 1.29 is 19.1 Å². The van der Waals surface area contributed by atoms with Gasteiger partial charge in [-0.05, 0) is 62.4 Å². The van der Waals surface area contributed by atoms with Crippen molar-refractivity contribution in [3.63, 3.8) is 0 Å². The molecule has 1 amide bonds. The van der Waals surface area contributed by atoms with Gasteiger partial charge in [0.15, 0.2) is 5.69 Å². The van der Waals surface area contributed by atoms with Crippen molar-refractivity contribution >= 4 is 11.9 Å². The SMILES string of the molecule is Cc1cccc(C(CNC(=O)c2nn(-c3ccc(F)cc3)c3c2CCCC3)C(=O)O)c1. The highest BCUT2D eigenvalue weighted by atomic mass is 19.1. The van der Waals surface area contributed by atoms with Crippen molar-refractivity contribution in [1.29, 1.82) is 0 Å². The zero-order valence-corrected chi connectivity index (χ0v) is 17.3. The molecule has 1 atom stereocenters. The standard InChI is InChI=1S/C24H24FN3O3/c1-15-5-4-6-16(13-15)20(24(30)31)14-26-23(29)22-19-7-2-3-8-21(19)28(27-22)18-11-9-17(25)10-12-18/h4-6,9-13,20H,2-3,7-8,14H2,1H3,(H,26,29)(H,30,31). The van der Waals surface area contributed by atoms with Gasteiger partial charge in [-0.25, -0.2) is 9.07 Å². The van der Waals surface area contributed by atoms with Crippen LogP contribution in [0.25, 0.3) is 5.69 Å². The number of aliphatic carboxylic acids is 1. The number of carbonyl (C=O) groups excluding carboxylic acids is 1. The van der Waals surface area contributed by atoms with Gasteiger partial charge in [0.25, 0.3) is 5.91 Å². The third kappa shape index (κ3) is 4.35. The van der Waals surface area contributed by atoms with E-state index in [2.05, 4.69) is 10.4 Å². The van der Waals surface area contributed by atoms with E-state index in [4.69, 9.17) is 0 Å². The van der Waals surface area contributed by atoms with Crippen LogP contribution in [0, 0.1) is 12.7 Å². The summed E-state index contributed by atoms with van der Waals surface area (Å²) in [5.74, 6) is -2.57. The predicted octanol–water partition coefficient (Wildman–Crippen LogP) is 3.80. The van der Waals surface area contributed by atoms with Gasteiger partial charge in [-0.3, -0.25) is 9.59 Å². The van der Waals surface area contributed by atoms with Gasteiger partial charge in [0.2, 0.25) is 0 Å². The van der Waals surface area contributed by atoms with Crippen LogP contribution in [0.4, 0.5) is 4.39 Å². The van der Waals surface area contributed by atoms with Crippen LogP contribution in [-0.2, 0) is 17.6 Å². The molecular formula is C24H24FN3O3. The second-order valence-electron chi connectivity index (χ2n) is 7.88. The smallest absolute Gasteiger partial charge is 0.312 e. The summed E-state index contributed by atoms with van der Waals surface area (Å²) in [6.07, 6.45) is 3.48. The van der Waals surface area contributed by atoms with Crippen molar-refractivity contribution in [3.8, 4) is 5.69 Å². The number of hydrogen-bond acceptors (Lipinski definition) is 3. The molecule has 0 spiro atoms. The highest BCUT2D eigenvalue weighted by Crippen LogP contribution is 2.27. The summed E-state index contributed by atoms with van der Waals surface area (Å²) in [7, 11) is 0. The van der Waals surface area contributed by atoms with Crippen molar-refractivity contribution in [2.75, 3.05) is 6.54 Å². The number of halogens is 1. The van der Waals surface area contributed by atoms with E-state index in [1.54, 1.807) is 22.9 Å². The lowest BCUT2D eigenvalue weighted by Gasteiger charge is -2.15. The number of carboxylic acids is 1. The van der Waals surface area contributed by atoms with Crippen molar-refractivity contribution in [2.24, 2.45) is 0 Å². The van der Waals surface area contributed by atoms with E-state index in [-0.39, 0.29) is 12.4 Å². The quantitative estimate of drug-likeness (QED) is 0.634. The largest absolute Gasteiger partial charge is 0.481 e. The minimum Gasteiger partial charge on any atom is -0.481 e. The van der Waals surface area contributed by atoms with Gasteiger partial charge in [0, 0.05) is 17.8 Å². The maximum absolute atomic E-state index is 13.3. The van der Waals surface area contributed by atoms with E-state index >= 15 is 0 Å². The Morgan fingerprint density at radius 3 is 2.61 bits per heavy atom. The van der Waals surface area contributed by atoms with Gasteiger partial charge in [-0.1, -0.05) is 29.8 Å². The summed E-state index contributed by atoms with van der Waals surface area (Å²) in [5, 5.41) is 17.0. The van der Waals surface area contributed by atoms with Gasteiger partial charge >= 0.3 is 5.97 Å². The molecule has 3 aromatic rings. The first-order valence-corrected chi connectivity index (χ1v) is 10.4. The molecule has 2 N–H and O–H groups in total. The average molecular weight is 421 g/mol. The monoisotopic (exact) mass is 421 g/mol. The number of fused-ring (bicyclic) bond motifs is 1. The second kappa shape index (κ2) is 8.71. The summed E-state index contributed by atoms with van der Waals surface area (Å²) < 4.78 is 15.0. The molecule has 2 aromatic carbocycles. The van der Waals surface area contributed by atoms with Crippen molar-refractivity contribution in [2.45, 2.75) is 38.5 Å². The Kier molecular flexibility index (Phi) is 5.84. The fourth-order valence-corrected chi connectivity index (χ4v) is 4.09. The molecule has 1 heterocycles. The zero-order chi connectivity index (χ0) is 22.0. The Labute approximate surface area is 179 Å². The highest BCUT2D eigenvalue weighted by Gasteiger charge is 2.27. The molecule has 0 bridgehead atoms. The van der Waals surface area contributed by atoms with Gasteiger partial charge in [0.05, 0.1) is 11.6 Å². The Bertz CT molecular complexity index is 1120. The molecule has 1 aliphatic rings. The second-order valence-corrected chi connectivity index (χ2v) is 7.88. The van der Waals surface area contributed by atoms with Gasteiger partial charge in [-0.15, -0.1) is 0 Å². The molecule has 0 radical (unpaired) electrons. The summed E-state index contributed by atoms with van der Waals surface area (Å²) in [4.78, 5) is 24.8. The first kappa shape index (κ1) is 20.8. The molecule has 0 saturated heterocycles. The third-order valence-electron chi connectivity index (χ3n) is 5.68. The fourth-order valence-electron chi connectivity index (χ4n) is 4.09. The molecular weight excluding hydrogens is 397 g/mol. The molecule has 0 aliphatic heterocycles. The lowest BCUT2D eigenvalue weighted by Crippen LogP contribution is -2.32. The van der Waals surface area contributed by atoms with E-state index < -0.39 is 17.8 Å². The highest BCUT2D eigenvalue weighted by molar-refractivity contribution is 5.94. The number of nitrogens with zero attached hydrogens (tertiary/aromatic N) is 2. The van der Waals surface area contributed by atoms with E-state index in [9.17, 15) is 19.1 Å². The third-order valence-corrected chi connectivity index (χ3v) is 5.68. The maximum Gasteiger partial charge on any atom is 0.312 e. The molecule has 31 heavy (non-hydrogen) atoms. The first-order chi connectivity index (χ1) is 14.9. The van der Waals surface area contributed by atoms with Crippen molar-refractivity contribution in [1.82, 2.24) is 15.1 Å². The van der Waals surface area contributed by atoms with E-state index in [1.165, 1.54) is 12.1 Å². The lowest BCUT2D eigenvalue weighted by molar-refractivity contribution is -0.138. The topological polar surface area (TPSA) is 84.2 Å². The summed E-state index contributed by atoms with van der Waals surface area (Å²) >= 11 is 0. The molecule has 1 unspecified atom stereocenters. The fraction of sp³-hybridized carbons (Fsp3) is 0.292. The Balaban J connectivity index is 1.59. The molecule has 4 rings (SSSR count). The van der Waals surface area contributed by atoms with E-state index in [0.29, 0.717) is 16.9 Å². The van der Waals surface area contributed by atoms with Crippen LogP contribution in [-0.4, -0.2) is 33.3 Å². The normalized spacial score (nSPS) is 14.0. The zero-order valence-electron chi connectivity index (χ0n) is 17.3. The summed E-state index contributed by atoms with van der Waals surface area (Å²) in [6.45, 7) is 1.87. The number of rotatable bonds is 6. The molecule has 0 saturated carbocycles. The Morgan fingerprint density at radius 1 is 1.16 bits per heavy atom. The molecule has 160 valence electrons. The van der Waals surface area contributed by atoms with Crippen LogP contribution in [0.2, 0.25) is 0 Å². The first-order valence-electron chi connectivity index (χ1n) is 10.4. The number of carboxylic acid groups (broad SMARTS) is 1. The molecule has 7 heteroatoms. The number of aromatic nitrogens is 2. The predicted molar refractivity (Wildman–Crippen MR) is 114 cm³/mol. The number of hydrogen-bond donors (Lipinski definition) is 2. The Morgan fingerprint density at radius 2 is 1.90 bits per heavy atom. The molecule has 6 nitrogen and oxygen atoms in total. The summed E-state index contributed by atoms with van der Waals surface area (Å²) in [5.41, 5.74) is 4.45. The molecule has 1 aromatic heterocycles. The van der Waals surface area contributed by atoms with Crippen LogP contribution in [0.3, 0.4) is 0 Å². The van der Waals surface area contributed by atoms with E-state index in [1.807, 2.05) is 25.1 Å². The number of benzene rings is 2. The van der Waals surface area contributed by atoms with Gasteiger partial charge < -0.3 is 10.4 Å². The number of amides is 1. The minimum absolute atomic E-state index is 0.0319. The van der Waals surface area contributed by atoms with E-state index in [0.717, 1.165) is 42.5 Å². The number of nitrogens with one attached hydrogen (secondary N) is 1. The Hall–Kier alpha value is -3.48. The average Bonchev–Trinajstić information content (AvgIpc) is 3.14. The van der Waals surface area contributed by atoms with Crippen LogP contribution >= 0.6 is 0 Å². The molecule has 1 aliphatic carbocycles. The van der Waals surface area contributed by atoms with Crippen LogP contribution in [0.1, 0.15) is 51.6 Å². The minimum atomic E-state index is -0.996. The van der Waals surface area contributed by atoms with Gasteiger partial charge in [0.1, 0.15) is 5.82 Å². The molecule has 0 fully saturated rings. The summed E-state index contributed by atoms with van der Waals surface area (Å²) in [6, 6.07) is 13.3. The van der Waals surface area contributed by atoms with Crippen LogP contribution in [0.15, 0.2) is 48.5 Å². The van der Waals surface area contributed by atoms with Gasteiger partial charge in [-0.2, -0.15) is 5.10 Å². The lowest BCUT2D eigenvalue weighted by atomic mass is 9.95. The van der Waals surface area contributed by atoms with Crippen molar-refractivity contribution in [3.05, 3.63) is 82.4 Å². The number of carbonyl (C=O) groups is 2. The number of aryl methyl sites for hydroxylation is 1. The van der Waals surface area contributed by atoms with Crippen LogP contribution in [0.5, 0.6) is 0 Å². The maximum atomic E-state index is 13.3. The van der Waals surface area contributed by atoms with Crippen LogP contribution < -0.4 is 5.32 Å².